The summed E-state index contributed by atoms with van der Waals surface area (Å²) in [5, 5.41) is 13.1. The third-order valence-electron chi connectivity index (χ3n) is 3.93. The lowest BCUT2D eigenvalue weighted by Gasteiger charge is -2.32. The predicted octanol–water partition coefficient (Wildman–Crippen LogP) is 1.76. The van der Waals surface area contributed by atoms with Crippen molar-refractivity contribution in [1.82, 2.24) is 14.7 Å². The highest BCUT2D eigenvalue weighted by Crippen LogP contribution is 2.19. The number of aromatic nitrogens is 2. The largest absolute Gasteiger partial charge is 0.478 e. The molecule has 18 heavy (non-hydrogen) atoms. The van der Waals surface area contributed by atoms with Crippen LogP contribution < -0.4 is 0 Å². The molecular weight excluding hydrogens is 230 g/mol. The van der Waals surface area contributed by atoms with Crippen LogP contribution in [-0.4, -0.2) is 45.4 Å². The first-order valence-electron chi connectivity index (χ1n) is 6.55. The summed E-state index contributed by atoms with van der Waals surface area (Å²) in [6.07, 6.45) is 6.31. The van der Waals surface area contributed by atoms with E-state index in [-0.39, 0.29) is 0 Å². The SMILES string of the molecule is Cc1c(C(=O)O)cnn1CCC1CCCCN1C. The number of hydrogen-bond acceptors (Lipinski definition) is 3. The van der Waals surface area contributed by atoms with E-state index >= 15 is 0 Å². The molecule has 1 aliphatic heterocycles. The Bertz CT molecular complexity index is 428. The molecule has 1 aromatic rings. The summed E-state index contributed by atoms with van der Waals surface area (Å²) < 4.78 is 1.81. The molecule has 2 heterocycles. The molecular formula is C13H21N3O2. The minimum atomic E-state index is -0.895. The highest BCUT2D eigenvalue weighted by molar-refractivity contribution is 5.88. The Morgan fingerprint density at radius 2 is 2.33 bits per heavy atom. The first kappa shape index (κ1) is 13.1. The zero-order valence-corrected chi connectivity index (χ0v) is 11.1. The monoisotopic (exact) mass is 251 g/mol. The third kappa shape index (κ3) is 2.72. The number of aryl methyl sites for hydroxylation is 1. The number of nitrogens with zero attached hydrogens (tertiary/aromatic N) is 3. The molecule has 1 aromatic heterocycles. The van der Waals surface area contributed by atoms with Crippen molar-refractivity contribution in [3.8, 4) is 0 Å². The molecule has 0 amide bonds. The van der Waals surface area contributed by atoms with Crippen LogP contribution in [0.25, 0.3) is 0 Å². The van der Waals surface area contributed by atoms with Crippen molar-refractivity contribution < 1.29 is 9.90 Å². The van der Waals surface area contributed by atoms with Crippen molar-refractivity contribution in [2.75, 3.05) is 13.6 Å². The van der Waals surface area contributed by atoms with Gasteiger partial charge >= 0.3 is 5.97 Å². The van der Waals surface area contributed by atoms with Crippen molar-refractivity contribution in [1.29, 1.82) is 0 Å². The summed E-state index contributed by atoms with van der Waals surface area (Å²) in [6.45, 7) is 3.79. The summed E-state index contributed by atoms with van der Waals surface area (Å²) in [7, 11) is 2.17. The average Bonchev–Trinajstić information content (AvgIpc) is 2.70. The lowest BCUT2D eigenvalue weighted by molar-refractivity contribution is 0.0696. The number of carboxylic acids is 1. The summed E-state index contributed by atoms with van der Waals surface area (Å²) >= 11 is 0. The van der Waals surface area contributed by atoms with Gasteiger partial charge in [0.15, 0.2) is 0 Å². The molecule has 5 nitrogen and oxygen atoms in total. The van der Waals surface area contributed by atoms with Gasteiger partial charge in [-0.05, 0) is 39.8 Å². The van der Waals surface area contributed by atoms with E-state index in [1.165, 1.54) is 32.0 Å². The van der Waals surface area contributed by atoms with Crippen LogP contribution in [0.3, 0.4) is 0 Å². The van der Waals surface area contributed by atoms with Crippen LogP contribution in [0, 0.1) is 6.92 Å². The lowest BCUT2D eigenvalue weighted by atomic mass is 10.0. The van der Waals surface area contributed by atoms with E-state index in [0.717, 1.165) is 18.7 Å². The third-order valence-corrected chi connectivity index (χ3v) is 3.93. The van der Waals surface area contributed by atoms with Crippen LogP contribution in [0.15, 0.2) is 6.20 Å². The molecule has 0 aliphatic carbocycles. The van der Waals surface area contributed by atoms with Crippen LogP contribution in [0.5, 0.6) is 0 Å². The zero-order valence-electron chi connectivity index (χ0n) is 11.1. The van der Waals surface area contributed by atoms with Gasteiger partial charge in [-0.1, -0.05) is 6.42 Å². The van der Waals surface area contributed by atoms with Gasteiger partial charge in [-0.25, -0.2) is 4.79 Å². The van der Waals surface area contributed by atoms with E-state index in [1.807, 2.05) is 11.6 Å². The molecule has 5 heteroatoms. The zero-order chi connectivity index (χ0) is 13.1. The molecule has 1 saturated heterocycles. The second-order valence-corrected chi connectivity index (χ2v) is 5.09. The second kappa shape index (κ2) is 5.52. The van der Waals surface area contributed by atoms with E-state index in [2.05, 4.69) is 17.0 Å². The highest BCUT2D eigenvalue weighted by atomic mass is 16.4. The quantitative estimate of drug-likeness (QED) is 0.886. The van der Waals surface area contributed by atoms with Crippen molar-refractivity contribution >= 4 is 5.97 Å². The van der Waals surface area contributed by atoms with E-state index < -0.39 is 5.97 Å². The van der Waals surface area contributed by atoms with Gasteiger partial charge in [-0.3, -0.25) is 4.68 Å². The van der Waals surface area contributed by atoms with Gasteiger partial charge in [-0.15, -0.1) is 0 Å². The molecule has 0 saturated carbocycles. The molecule has 0 aromatic carbocycles. The summed E-state index contributed by atoms with van der Waals surface area (Å²) in [5.41, 5.74) is 1.06. The Kier molecular flexibility index (Phi) is 4.01. The van der Waals surface area contributed by atoms with Crippen molar-refractivity contribution in [3.63, 3.8) is 0 Å². The number of carbonyl (C=O) groups is 1. The van der Waals surface area contributed by atoms with E-state index in [9.17, 15) is 4.79 Å². The maximum atomic E-state index is 10.9. The first-order chi connectivity index (χ1) is 8.59. The second-order valence-electron chi connectivity index (χ2n) is 5.09. The number of likely N-dealkylation sites (tertiary alicyclic amines) is 1. The minimum absolute atomic E-state index is 0.312. The number of rotatable bonds is 4. The minimum Gasteiger partial charge on any atom is -0.478 e. The number of carboxylic acid groups (broad SMARTS) is 1. The van der Waals surface area contributed by atoms with Crippen molar-refractivity contribution in [3.05, 3.63) is 17.5 Å². The first-order valence-corrected chi connectivity index (χ1v) is 6.55. The Balaban J connectivity index is 1.95. The Hall–Kier alpha value is -1.36. The highest BCUT2D eigenvalue weighted by Gasteiger charge is 2.19. The van der Waals surface area contributed by atoms with Gasteiger partial charge < -0.3 is 10.0 Å². The van der Waals surface area contributed by atoms with Crippen LogP contribution in [0.4, 0.5) is 0 Å². The molecule has 1 fully saturated rings. The number of hydrogen-bond donors (Lipinski definition) is 1. The van der Waals surface area contributed by atoms with Crippen LogP contribution >= 0.6 is 0 Å². The van der Waals surface area contributed by atoms with E-state index in [1.54, 1.807) is 0 Å². The Morgan fingerprint density at radius 3 is 2.94 bits per heavy atom. The normalized spacial score (nSPS) is 21.1. The van der Waals surface area contributed by atoms with E-state index in [4.69, 9.17) is 5.11 Å². The van der Waals surface area contributed by atoms with Gasteiger partial charge in [0.1, 0.15) is 5.56 Å². The number of aromatic carboxylic acids is 1. The molecule has 100 valence electrons. The topological polar surface area (TPSA) is 58.4 Å². The fraction of sp³-hybridized carbons (Fsp3) is 0.692. The molecule has 1 unspecified atom stereocenters. The molecule has 1 aliphatic rings. The predicted molar refractivity (Wildman–Crippen MR) is 68.8 cm³/mol. The maximum absolute atomic E-state index is 10.9. The molecule has 1 atom stereocenters. The van der Waals surface area contributed by atoms with Gasteiger partial charge in [0.2, 0.25) is 0 Å². The van der Waals surface area contributed by atoms with Crippen LogP contribution in [-0.2, 0) is 6.54 Å². The molecule has 0 radical (unpaired) electrons. The fourth-order valence-corrected chi connectivity index (χ4v) is 2.66. The summed E-state index contributed by atoms with van der Waals surface area (Å²) in [4.78, 5) is 13.3. The lowest BCUT2D eigenvalue weighted by Crippen LogP contribution is -2.36. The Labute approximate surface area is 107 Å². The molecule has 0 spiro atoms. The standard InChI is InChI=1S/C13H21N3O2/c1-10-12(13(17)18)9-14-16(10)8-6-11-5-3-4-7-15(11)2/h9,11H,3-8H2,1-2H3,(H,17,18). The van der Waals surface area contributed by atoms with Crippen LogP contribution in [0.2, 0.25) is 0 Å². The molecule has 0 bridgehead atoms. The van der Waals surface area contributed by atoms with Gasteiger partial charge in [0.25, 0.3) is 0 Å². The Morgan fingerprint density at radius 1 is 1.56 bits per heavy atom. The smallest absolute Gasteiger partial charge is 0.339 e. The van der Waals surface area contributed by atoms with Crippen molar-refractivity contribution in [2.45, 2.75) is 45.2 Å². The summed E-state index contributed by atoms with van der Waals surface area (Å²) in [5.74, 6) is -0.895. The van der Waals surface area contributed by atoms with Gasteiger partial charge in [0.05, 0.1) is 6.20 Å². The average molecular weight is 251 g/mol. The van der Waals surface area contributed by atoms with E-state index in [0.29, 0.717) is 11.6 Å². The maximum Gasteiger partial charge on any atom is 0.339 e. The van der Waals surface area contributed by atoms with Crippen LogP contribution in [0.1, 0.15) is 41.7 Å². The fourth-order valence-electron chi connectivity index (χ4n) is 2.66. The van der Waals surface area contributed by atoms with Gasteiger partial charge in [0, 0.05) is 18.3 Å². The van der Waals surface area contributed by atoms with Crippen molar-refractivity contribution in [2.24, 2.45) is 0 Å². The number of piperidine rings is 1. The molecule has 2 rings (SSSR count). The molecule has 1 N–H and O–H groups in total. The van der Waals surface area contributed by atoms with Gasteiger partial charge in [-0.2, -0.15) is 5.10 Å². The summed E-state index contributed by atoms with van der Waals surface area (Å²) in [6, 6.07) is 0.607.